The Kier molecular flexibility index (Phi) is 3.61. The molecule has 0 unspecified atom stereocenters. The van der Waals surface area contributed by atoms with Crippen LogP contribution in [0.15, 0.2) is 24.3 Å². The maximum Gasteiger partial charge on any atom is 0.230 e. The first-order valence-corrected chi connectivity index (χ1v) is 6.77. The van der Waals surface area contributed by atoms with Crippen molar-refractivity contribution in [3.8, 4) is 0 Å². The zero-order valence-corrected chi connectivity index (χ0v) is 10.7. The number of nitrogens with one attached hydrogen (secondary N) is 1. The summed E-state index contributed by atoms with van der Waals surface area (Å²) in [6.07, 6.45) is 3.38. The minimum absolute atomic E-state index is 0.136. The Morgan fingerprint density at radius 3 is 3.07 bits per heavy atom. The molecule has 1 amide bonds. The number of alkyl halides is 1. The maximum absolute atomic E-state index is 11.4. The highest BCUT2D eigenvalue weighted by atomic mass is 127. The largest absolute Gasteiger partial charge is 0.349 e. The van der Waals surface area contributed by atoms with Crippen LogP contribution in [-0.2, 0) is 11.2 Å². The van der Waals surface area contributed by atoms with E-state index in [1.807, 2.05) is 6.07 Å². The second kappa shape index (κ2) is 4.96. The van der Waals surface area contributed by atoms with Crippen molar-refractivity contribution in [2.75, 3.05) is 4.43 Å². The summed E-state index contributed by atoms with van der Waals surface area (Å²) >= 11 is 2.10. The third-order valence-corrected chi connectivity index (χ3v) is 3.52. The maximum atomic E-state index is 11.4. The van der Waals surface area contributed by atoms with E-state index in [0.29, 0.717) is 4.43 Å². The number of benzene rings is 1. The van der Waals surface area contributed by atoms with E-state index in [-0.39, 0.29) is 11.9 Å². The smallest absolute Gasteiger partial charge is 0.230 e. The standard InChI is InChI=1S/C12H14INO/c13-8-12(15)14-11-7-3-5-9-4-1-2-6-10(9)11/h1-2,4,6,11H,3,5,7-8H2,(H,14,15)/t11-/m1/s1. The van der Waals surface area contributed by atoms with Gasteiger partial charge in [0.05, 0.1) is 10.5 Å². The lowest BCUT2D eigenvalue weighted by Gasteiger charge is -2.26. The van der Waals surface area contributed by atoms with Gasteiger partial charge in [-0.3, -0.25) is 4.79 Å². The van der Waals surface area contributed by atoms with Crippen LogP contribution in [0.3, 0.4) is 0 Å². The Hall–Kier alpha value is -0.580. The monoisotopic (exact) mass is 315 g/mol. The molecule has 1 aromatic carbocycles. The van der Waals surface area contributed by atoms with Crippen LogP contribution in [0.5, 0.6) is 0 Å². The quantitative estimate of drug-likeness (QED) is 0.660. The van der Waals surface area contributed by atoms with Crippen molar-refractivity contribution >= 4 is 28.5 Å². The van der Waals surface area contributed by atoms with Crippen molar-refractivity contribution in [1.82, 2.24) is 5.32 Å². The van der Waals surface area contributed by atoms with Gasteiger partial charge in [-0.2, -0.15) is 0 Å². The molecule has 0 aromatic heterocycles. The zero-order chi connectivity index (χ0) is 10.7. The molecule has 0 radical (unpaired) electrons. The van der Waals surface area contributed by atoms with Gasteiger partial charge in [-0.15, -0.1) is 0 Å². The van der Waals surface area contributed by atoms with Crippen molar-refractivity contribution in [2.45, 2.75) is 25.3 Å². The molecule has 1 N–H and O–H groups in total. The SMILES string of the molecule is O=C(CI)N[C@@H]1CCCc2ccccc21. The van der Waals surface area contributed by atoms with Gasteiger partial charge >= 0.3 is 0 Å². The molecule has 2 nitrogen and oxygen atoms in total. The second-order valence-electron chi connectivity index (χ2n) is 3.84. The minimum atomic E-state index is 0.136. The van der Waals surface area contributed by atoms with Crippen LogP contribution in [0.4, 0.5) is 0 Å². The molecule has 1 atom stereocenters. The summed E-state index contributed by atoms with van der Waals surface area (Å²) in [5.74, 6) is 0.136. The third kappa shape index (κ3) is 2.51. The van der Waals surface area contributed by atoms with Gasteiger partial charge in [0.25, 0.3) is 0 Å². The first-order chi connectivity index (χ1) is 7.31. The number of aryl methyl sites for hydroxylation is 1. The van der Waals surface area contributed by atoms with E-state index in [9.17, 15) is 4.79 Å². The van der Waals surface area contributed by atoms with E-state index in [1.54, 1.807) is 0 Å². The molecule has 0 saturated heterocycles. The van der Waals surface area contributed by atoms with Crippen LogP contribution < -0.4 is 5.32 Å². The molecule has 0 aliphatic heterocycles. The number of carbonyl (C=O) groups excluding carboxylic acids is 1. The van der Waals surface area contributed by atoms with Gasteiger partial charge < -0.3 is 5.32 Å². The van der Waals surface area contributed by atoms with Gasteiger partial charge in [0.1, 0.15) is 0 Å². The average Bonchev–Trinajstić information content (AvgIpc) is 2.29. The topological polar surface area (TPSA) is 29.1 Å². The van der Waals surface area contributed by atoms with Crippen LogP contribution in [0, 0.1) is 0 Å². The number of rotatable bonds is 2. The predicted molar refractivity (Wildman–Crippen MR) is 69.2 cm³/mol. The fourth-order valence-electron chi connectivity index (χ4n) is 2.14. The summed E-state index contributed by atoms with van der Waals surface area (Å²) in [6, 6.07) is 8.65. The van der Waals surface area contributed by atoms with Gasteiger partial charge in [-0.1, -0.05) is 46.9 Å². The van der Waals surface area contributed by atoms with E-state index in [1.165, 1.54) is 17.5 Å². The molecule has 80 valence electrons. The molecular formula is C12H14INO. The fourth-order valence-corrected chi connectivity index (χ4v) is 2.36. The van der Waals surface area contributed by atoms with Crippen LogP contribution in [-0.4, -0.2) is 10.3 Å². The number of halogens is 1. The van der Waals surface area contributed by atoms with E-state index >= 15 is 0 Å². The molecule has 1 aromatic rings. The zero-order valence-electron chi connectivity index (χ0n) is 8.50. The van der Waals surface area contributed by atoms with Crippen molar-refractivity contribution in [3.05, 3.63) is 35.4 Å². The number of hydrogen-bond acceptors (Lipinski definition) is 1. The van der Waals surface area contributed by atoms with Crippen LogP contribution in [0.1, 0.15) is 30.0 Å². The highest BCUT2D eigenvalue weighted by Gasteiger charge is 2.20. The fraction of sp³-hybridized carbons (Fsp3) is 0.417. The van der Waals surface area contributed by atoms with Gasteiger partial charge in [-0.25, -0.2) is 0 Å². The molecule has 0 heterocycles. The lowest BCUT2D eigenvalue weighted by atomic mass is 9.88. The minimum Gasteiger partial charge on any atom is -0.349 e. The number of fused-ring (bicyclic) bond motifs is 1. The van der Waals surface area contributed by atoms with Crippen molar-refractivity contribution in [2.24, 2.45) is 0 Å². The Bertz CT molecular complexity index is 364. The van der Waals surface area contributed by atoms with Gasteiger partial charge in [0, 0.05) is 0 Å². The summed E-state index contributed by atoms with van der Waals surface area (Å²) in [7, 11) is 0. The highest BCUT2D eigenvalue weighted by Crippen LogP contribution is 2.29. The van der Waals surface area contributed by atoms with Crippen LogP contribution in [0.2, 0.25) is 0 Å². The molecule has 0 bridgehead atoms. The number of hydrogen-bond donors (Lipinski definition) is 1. The lowest BCUT2D eigenvalue weighted by molar-refractivity contribution is -0.119. The highest BCUT2D eigenvalue weighted by molar-refractivity contribution is 14.1. The van der Waals surface area contributed by atoms with Crippen LogP contribution in [0.25, 0.3) is 0 Å². The van der Waals surface area contributed by atoms with E-state index in [4.69, 9.17) is 0 Å². The molecule has 3 heteroatoms. The van der Waals surface area contributed by atoms with Crippen molar-refractivity contribution in [1.29, 1.82) is 0 Å². The summed E-state index contributed by atoms with van der Waals surface area (Å²) in [5, 5.41) is 3.08. The lowest BCUT2D eigenvalue weighted by Crippen LogP contribution is -2.31. The van der Waals surface area contributed by atoms with Gasteiger partial charge in [-0.05, 0) is 30.4 Å². The molecule has 1 aliphatic rings. The predicted octanol–water partition coefficient (Wildman–Crippen LogP) is 2.62. The Balaban J connectivity index is 2.18. The summed E-state index contributed by atoms with van der Waals surface area (Å²) < 4.78 is 0.538. The first kappa shape index (κ1) is 10.9. The normalized spacial score (nSPS) is 19.4. The molecular weight excluding hydrogens is 301 g/mol. The third-order valence-electron chi connectivity index (χ3n) is 2.83. The molecule has 0 saturated carbocycles. The summed E-state index contributed by atoms with van der Waals surface area (Å²) in [5.41, 5.74) is 2.70. The van der Waals surface area contributed by atoms with E-state index in [0.717, 1.165) is 12.8 Å². The van der Waals surface area contributed by atoms with Gasteiger partial charge in [0.15, 0.2) is 0 Å². The molecule has 1 aliphatic carbocycles. The Morgan fingerprint density at radius 2 is 2.27 bits per heavy atom. The molecule has 2 rings (SSSR count). The van der Waals surface area contributed by atoms with Gasteiger partial charge in [0.2, 0.25) is 5.91 Å². The van der Waals surface area contributed by atoms with E-state index < -0.39 is 0 Å². The Labute approximate surface area is 104 Å². The number of carbonyl (C=O) groups is 1. The van der Waals surface area contributed by atoms with Crippen molar-refractivity contribution < 1.29 is 4.79 Å². The molecule has 0 fully saturated rings. The first-order valence-electron chi connectivity index (χ1n) is 5.24. The Morgan fingerprint density at radius 1 is 1.47 bits per heavy atom. The molecule has 15 heavy (non-hydrogen) atoms. The number of amides is 1. The summed E-state index contributed by atoms with van der Waals surface area (Å²) in [4.78, 5) is 11.4. The molecule has 0 spiro atoms. The average molecular weight is 315 g/mol. The second-order valence-corrected chi connectivity index (χ2v) is 4.61. The van der Waals surface area contributed by atoms with Crippen LogP contribution >= 0.6 is 22.6 Å². The summed E-state index contributed by atoms with van der Waals surface area (Å²) in [6.45, 7) is 0. The van der Waals surface area contributed by atoms with E-state index in [2.05, 4.69) is 46.1 Å². The van der Waals surface area contributed by atoms with Crippen molar-refractivity contribution in [3.63, 3.8) is 0 Å².